The Labute approximate surface area is 117 Å². The van der Waals surface area contributed by atoms with Crippen LogP contribution in [0.4, 0.5) is 0 Å². The van der Waals surface area contributed by atoms with Crippen LogP contribution in [-0.4, -0.2) is 10.9 Å². The Bertz CT molecular complexity index is 302. The molecule has 0 aromatic heterocycles. The Balaban J connectivity index is 2.39. The smallest absolute Gasteiger partial charge is 0.161 e. The first-order valence-electron chi connectivity index (χ1n) is 7.86. The first kappa shape index (κ1) is 16.0. The summed E-state index contributed by atoms with van der Waals surface area (Å²) in [5, 5.41) is 9.15. The van der Waals surface area contributed by atoms with Crippen LogP contribution in [0.2, 0.25) is 0 Å². The molecule has 0 unspecified atom stereocenters. The Kier molecular flexibility index (Phi) is 9.13. The van der Waals surface area contributed by atoms with E-state index in [1.165, 1.54) is 32.1 Å². The monoisotopic (exact) mass is 264 g/mol. The molecule has 0 radical (unpaired) electrons. The molecule has 2 nitrogen and oxygen atoms in total. The summed E-state index contributed by atoms with van der Waals surface area (Å²) >= 11 is 0. The van der Waals surface area contributed by atoms with E-state index in [4.69, 9.17) is 5.11 Å². The normalized spacial score (nSPS) is 23.6. The minimum atomic E-state index is 0.148. The van der Waals surface area contributed by atoms with Crippen molar-refractivity contribution in [2.24, 2.45) is 0 Å². The molecular weight excluding hydrogens is 236 g/mol. The van der Waals surface area contributed by atoms with E-state index in [1.807, 2.05) is 0 Å². The van der Waals surface area contributed by atoms with Crippen molar-refractivity contribution in [3.63, 3.8) is 0 Å². The van der Waals surface area contributed by atoms with Crippen molar-refractivity contribution in [3.8, 4) is 0 Å². The van der Waals surface area contributed by atoms with Crippen LogP contribution in [0.3, 0.4) is 0 Å². The largest absolute Gasteiger partial charge is 0.515 e. The van der Waals surface area contributed by atoms with Gasteiger partial charge in [0, 0.05) is 12.0 Å². The van der Waals surface area contributed by atoms with E-state index >= 15 is 0 Å². The molecule has 1 aliphatic carbocycles. The zero-order valence-electron chi connectivity index (χ0n) is 12.1. The van der Waals surface area contributed by atoms with E-state index in [1.54, 1.807) is 0 Å². The Morgan fingerprint density at radius 3 is 2.00 bits per heavy atom. The molecule has 0 bridgehead atoms. The van der Waals surface area contributed by atoms with E-state index in [0.717, 1.165) is 44.8 Å². The third kappa shape index (κ3) is 7.86. The maximum atomic E-state index is 11.9. The molecule has 1 N–H and O–H groups in total. The lowest BCUT2D eigenvalue weighted by atomic mass is 9.99. The average Bonchev–Trinajstić information content (AvgIpc) is 2.42. The number of aliphatic hydroxyl groups excluding tert-OH is 1. The molecule has 0 saturated carbocycles. The maximum absolute atomic E-state index is 11.9. The maximum Gasteiger partial charge on any atom is 0.161 e. The molecule has 0 aliphatic heterocycles. The summed E-state index contributed by atoms with van der Waals surface area (Å²) in [6, 6.07) is 0. The fraction of sp³-hybridized carbons (Fsp3) is 0.706. The molecule has 1 aliphatic rings. The summed E-state index contributed by atoms with van der Waals surface area (Å²) in [5.41, 5.74) is 0.627. The number of ketones is 1. The van der Waals surface area contributed by atoms with Gasteiger partial charge in [-0.3, -0.25) is 4.79 Å². The van der Waals surface area contributed by atoms with E-state index in [2.05, 4.69) is 12.2 Å². The summed E-state index contributed by atoms with van der Waals surface area (Å²) in [6.45, 7) is 0. The van der Waals surface area contributed by atoms with Crippen LogP contribution >= 0.6 is 0 Å². The molecule has 0 spiro atoms. The molecule has 0 amide bonds. The van der Waals surface area contributed by atoms with Crippen molar-refractivity contribution in [1.82, 2.24) is 0 Å². The van der Waals surface area contributed by atoms with E-state index in [9.17, 15) is 4.79 Å². The second-order valence-corrected chi connectivity index (χ2v) is 5.45. The number of hydrogen-bond donors (Lipinski definition) is 1. The number of aliphatic hydroxyl groups is 1. The van der Waals surface area contributed by atoms with E-state index in [-0.39, 0.29) is 5.78 Å². The van der Waals surface area contributed by atoms with Crippen LogP contribution in [0, 0.1) is 0 Å². The van der Waals surface area contributed by atoms with Crippen LogP contribution in [0.5, 0.6) is 0 Å². The number of carbonyl (C=O) groups excluding carboxylic acids is 1. The van der Waals surface area contributed by atoms with Gasteiger partial charge in [0.1, 0.15) is 0 Å². The standard InChI is InChI=1S/C17H28O2/c18-15-16-13-11-9-7-5-3-1-2-4-6-8-10-12-14-17(16)19/h1,3,15,18H,2,4-14H2/b3-1?,16-15-. The number of allylic oxidation sites excluding steroid dienone is 3. The number of hydrogen-bond acceptors (Lipinski definition) is 2. The summed E-state index contributed by atoms with van der Waals surface area (Å²) in [7, 11) is 0. The van der Waals surface area contributed by atoms with Crippen LogP contribution in [-0.2, 0) is 4.79 Å². The molecule has 0 saturated heterocycles. The second kappa shape index (κ2) is 10.8. The quantitative estimate of drug-likeness (QED) is 0.368. The van der Waals surface area contributed by atoms with Gasteiger partial charge in [-0.25, -0.2) is 0 Å². The third-order valence-electron chi connectivity index (χ3n) is 3.77. The average molecular weight is 264 g/mol. The second-order valence-electron chi connectivity index (χ2n) is 5.45. The zero-order chi connectivity index (χ0) is 13.8. The molecule has 0 aromatic carbocycles. The predicted molar refractivity (Wildman–Crippen MR) is 80.3 cm³/mol. The minimum absolute atomic E-state index is 0.148. The van der Waals surface area contributed by atoms with Crippen molar-refractivity contribution in [2.75, 3.05) is 0 Å². The number of Topliss-reactive ketones (excluding diaryl/α,β-unsaturated/α-hetero) is 1. The first-order chi connectivity index (χ1) is 9.34. The van der Waals surface area contributed by atoms with Crippen molar-refractivity contribution < 1.29 is 9.90 Å². The number of rotatable bonds is 0. The van der Waals surface area contributed by atoms with Gasteiger partial charge in [0.2, 0.25) is 0 Å². The van der Waals surface area contributed by atoms with Gasteiger partial charge in [0.15, 0.2) is 5.78 Å². The van der Waals surface area contributed by atoms with Gasteiger partial charge in [-0.1, -0.05) is 37.8 Å². The highest BCUT2D eigenvalue weighted by Crippen LogP contribution is 2.16. The fourth-order valence-electron chi connectivity index (χ4n) is 2.50. The molecule has 19 heavy (non-hydrogen) atoms. The highest BCUT2D eigenvalue weighted by molar-refractivity contribution is 5.94. The SMILES string of the molecule is O=C1CCCCCCCC=CCCCCC/C1=C/O. The molecule has 0 fully saturated rings. The molecule has 2 heteroatoms. The van der Waals surface area contributed by atoms with Crippen LogP contribution in [0.25, 0.3) is 0 Å². The van der Waals surface area contributed by atoms with Crippen LogP contribution in [0.15, 0.2) is 24.0 Å². The minimum Gasteiger partial charge on any atom is -0.515 e. The van der Waals surface area contributed by atoms with Gasteiger partial charge in [-0.05, 0) is 44.9 Å². The van der Waals surface area contributed by atoms with Crippen molar-refractivity contribution >= 4 is 5.78 Å². The molecule has 108 valence electrons. The third-order valence-corrected chi connectivity index (χ3v) is 3.77. The lowest BCUT2D eigenvalue weighted by Gasteiger charge is -2.06. The van der Waals surface area contributed by atoms with E-state index in [0.29, 0.717) is 12.0 Å². The molecule has 0 atom stereocenters. The Morgan fingerprint density at radius 1 is 0.789 bits per heavy atom. The molecule has 0 heterocycles. The van der Waals surface area contributed by atoms with Gasteiger partial charge in [0.05, 0.1) is 6.26 Å². The summed E-state index contributed by atoms with van der Waals surface area (Å²) < 4.78 is 0. The lowest BCUT2D eigenvalue weighted by molar-refractivity contribution is -0.116. The molecule has 1 rings (SSSR count). The summed E-state index contributed by atoms with van der Waals surface area (Å²) in [6.07, 6.45) is 18.5. The zero-order valence-corrected chi connectivity index (χ0v) is 12.1. The topological polar surface area (TPSA) is 37.3 Å². The lowest BCUT2D eigenvalue weighted by Crippen LogP contribution is -2.03. The predicted octanol–water partition coefficient (Wildman–Crippen LogP) is 5.25. The van der Waals surface area contributed by atoms with Gasteiger partial charge >= 0.3 is 0 Å². The fourth-order valence-corrected chi connectivity index (χ4v) is 2.50. The summed E-state index contributed by atoms with van der Waals surface area (Å²) in [5.74, 6) is 0.148. The van der Waals surface area contributed by atoms with Crippen molar-refractivity contribution in [3.05, 3.63) is 24.0 Å². The Hall–Kier alpha value is -1.05. The Morgan fingerprint density at radius 2 is 1.32 bits per heavy atom. The molecular formula is C17H28O2. The van der Waals surface area contributed by atoms with Crippen molar-refractivity contribution in [1.29, 1.82) is 0 Å². The molecule has 0 aromatic rings. The van der Waals surface area contributed by atoms with E-state index < -0.39 is 0 Å². The first-order valence-corrected chi connectivity index (χ1v) is 7.86. The van der Waals surface area contributed by atoms with Gasteiger partial charge in [-0.15, -0.1) is 0 Å². The van der Waals surface area contributed by atoms with Gasteiger partial charge in [0.25, 0.3) is 0 Å². The van der Waals surface area contributed by atoms with Crippen LogP contribution < -0.4 is 0 Å². The highest BCUT2D eigenvalue weighted by atomic mass is 16.2. The van der Waals surface area contributed by atoms with Crippen molar-refractivity contribution in [2.45, 2.75) is 77.0 Å². The van der Waals surface area contributed by atoms with Gasteiger partial charge in [-0.2, -0.15) is 0 Å². The highest BCUT2D eigenvalue weighted by Gasteiger charge is 2.09. The summed E-state index contributed by atoms with van der Waals surface area (Å²) in [4.78, 5) is 11.9. The number of carbonyl (C=O) groups is 1. The van der Waals surface area contributed by atoms with Crippen LogP contribution in [0.1, 0.15) is 77.0 Å². The van der Waals surface area contributed by atoms with Gasteiger partial charge < -0.3 is 5.11 Å².